The van der Waals surface area contributed by atoms with Crippen LogP contribution in [0.4, 0.5) is 0 Å². The minimum absolute atomic E-state index is 0.0196. The van der Waals surface area contributed by atoms with Crippen molar-refractivity contribution in [1.82, 2.24) is 13.8 Å². The number of carbonyl (C=O) groups excluding carboxylic acids is 1. The highest BCUT2D eigenvalue weighted by atomic mass is 32.2. The first-order valence-corrected chi connectivity index (χ1v) is 11.5. The van der Waals surface area contributed by atoms with Crippen LogP contribution in [0.5, 0.6) is 0 Å². The molecule has 0 N–H and O–H groups in total. The first-order chi connectivity index (χ1) is 13.5. The van der Waals surface area contributed by atoms with Gasteiger partial charge >= 0.3 is 0 Å². The molecule has 0 radical (unpaired) electrons. The molecule has 3 rings (SSSR count). The van der Waals surface area contributed by atoms with Gasteiger partial charge in [0.2, 0.25) is 10.0 Å². The van der Waals surface area contributed by atoms with Gasteiger partial charge in [-0.3, -0.25) is 4.79 Å². The Balaban J connectivity index is 1.76. The number of benzene rings is 1. The summed E-state index contributed by atoms with van der Waals surface area (Å²) in [6, 6.07) is 7.71. The first kappa shape index (κ1) is 21.6. The molecule has 1 fully saturated rings. The Kier molecular flexibility index (Phi) is 5.92. The van der Waals surface area contributed by atoms with Crippen LogP contribution in [0.3, 0.4) is 0 Å². The van der Waals surface area contributed by atoms with Crippen molar-refractivity contribution in [2.45, 2.75) is 52.5 Å². The molecule has 1 aliphatic rings. The Bertz CT molecular complexity index is 1030. The summed E-state index contributed by atoms with van der Waals surface area (Å²) < 4.78 is 29.9. The number of aryl methyl sites for hydroxylation is 3. The molecule has 1 aromatic heterocycles. The maximum atomic E-state index is 13.1. The zero-order chi connectivity index (χ0) is 21.5. The fourth-order valence-corrected chi connectivity index (χ4v) is 5.95. The zero-order valence-electron chi connectivity index (χ0n) is 18.2. The van der Waals surface area contributed by atoms with Crippen molar-refractivity contribution in [3.05, 3.63) is 52.3 Å². The molecule has 1 saturated heterocycles. The lowest BCUT2D eigenvalue weighted by atomic mass is 10.2. The van der Waals surface area contributed by atoms with E-state index < -0.39 is 10.0 Å². The molecule has 0 saturated carbocycles. The van der Waals surface area contributed by atoms with Crippen molar-refractivity contribution in [2.75, 3.05) is 26.2 Å². The molecule has 0 spiro atoms. The molecule has 7 heteroatoms. The van der Waals surface area contributed by atoms with Crippen LogP contribution in [-0.4, -0.2) is 54.3 Å². The Hall–Kier alpha value is -2.12. The van der Waals surface area contributed by atoms with Crippen molar-refractivity contribution in [3.63, 3.8) is 0 Å². The summed E-state index contributed by atoms with van der Waals surface area (Å²) in [4.78, 5) is 15.2. The average Bonchev–Trinajstić information content (AvgIpc) is 2.97. The van der Waals surface area contributed by atoms with Crippen molar-refractivity contribution in [3.8, 4) is 0 Å². The summed E-state index contributed by atoms with van der Waals surface area (Å²) in [6.45, 7) is 13.3. The third kappa shape index (κ3) is 3.98. The monoisotopic (exact) mass is 417 g/mol. The highest BCUT2D eigenvalue weighted by Crippen LogP contribution is 2.25. The van der Waals surface area contributed by atoms with Gasteiger partial charge in [0, 0.05) is 43.6 Å². The Morgan fingerprint density at radius 3 is 2.14 bits per heavy atom. The largest absolute Gasteiger partial charge is 0.346 e. The van der Waals surface area contributed by atoms with Gasteiger partial charge in [0.05, 0.1) is 10.5 Å². The predicted molar refractivity (Wildman–Crippen MR) is 115 cm³/mol. The van der Waals surface area contributed by atoms with E-state index in [9.17, 15) is 13.2 Å². The lowest BCUT2D eigenvalue weighted by molar-refractivity contribution is 0.0697. The molecular formula is C22H31N3O3S. The van der Waals surface area contributed by atoms with Crippen LogP contribution in [0.25, 0.3) is 0 Å². The molecule has 2 aromatic rings. The number of carbonyl (C=O) groups is 1. The standard InChI is InChI=1S/C22H31N3O3S/c1-15(2)25-18(5)14-20(19(25)6)22(26)23-9-11-24(12-10-23)29(27,28)21-13-16(3)7-8-17(21)4/h7-8,13-15H,9-12H2,1-6H3. The molecular weight excluding hydrogens is 386 g/mol. The van der Waals surface area contributed by atoms with Gasteiger partial charge in [-0.25, -0.2) is 8.42 Å². The topological polar surface area (TPSA) is 62.6 Å². The van der Waals surface area contributed by atoms with Gasteiger partial charge in [0.25, 0.3) is 5.91 Å². The van der Waals surface area contributed by atoms with Crippen molar-refractivity contribution < 1.29 is 13.2 Å². The van der Waals surface area contributed by atoms with Crippen molar-refractivity contribution in [2.24, 2.45) is 0 Å². The number of hydrogen-bond acceptors (Lipinski definition) is 3. The lowest BCUT2D eigenvalue weighted by Gasteiger charge is -2.34. The van der Waals surface area contributed by atoms with Crippen LogP contribution in [-0.2, 0) is 10.0 Å². The smallest absolute Gasteiger partial charge is 0.255 e. The highest BCUT2D eigenvalue weighted by molar-refractivity contribution is 7.89. The number of sulfonamides is 1. The molecule has 2 heterocycles. The van der Waals surface area contributed by atoms with Gasteiger partial charge in [-0.15, -0.1) is 0 Å². The fraction of sp³-hybridized carbons (Fsp3) is 0.500. The Morgan fingerprint density at radius 2 is 1.59 bits per heavy atom. The zero-order valence-corrected chi connectivity index (χ0v) is 19.0. The molecule has 6 nitrogen and oxygen atoms in total. The van der Waals surface area contributed by atoms with E-state index in [2.05, 4.69) is 18.4 Å². The maximum Gasteiger partial charge on any atom is 0.255 e. The second-order valence-electron chi connectivity index (χ2n) is 8.21. The van der Waals surface area contributed by atoms with Gasteiger partial charge in [0.1, 0.15) is 0 Å². The van der Waals surface area contributed by atoms with Gasteiger partial charge in [0.15, 0.2) is 0 Å². The number of piperazine rings is 1. The second-order valence-corrected chi connectivity index (χ2v) is 10.1. The summed E-state index contributed by atoms with van der Waals surface area (Å²) in [5.74, 6) is -0.0196. The van der Waals surface area contributed by atoms with Gasteiger partial charge in [-0.1, -0.05) is 12.1 Å². The van der Waals surface area contributed by atoms with E-state index in [1.54, 1.807) is 11.0 Å². The number of aromatic nitrogens is 1. The van der Waals surface area contributed by atoms with E-state index >= 15 is 0 Å². The number of nitrogens with zero attached hydrogens (tertiary/aromatic N) is 3. The van der Waals surface area contributed by atoms with Gasteiger partial charge in [-0.05, 0) is 64.8 Å². The van der Waals surface area contributed by atoms with Crippen LogP contribution in [0.15, 0.2) is 29.2 Å². The summed E-state index contributed by atoms with van der Waals surface area (Å²) in [5.41, 5.74) is 4.41. The molecule has 1 aromatic carbocycles. The lowest BCUT2D eigenvalue weighted by Crippen LogP contribution is -2.50. The Labute approximate surface area is 174 Å². The molecule has 158 valence electrons. The van der Waals surface area contributed by atoms with Crippen LogP contribution < -0.4 is 0 Å². The van der Waals surface area contributed by atoms with Gasteiger partial charge < -0.3 is 9.47 Å². The molecule has 1 aliphatic heterocycles. The molecule has 0 bridgehead atoms. The minimum atomic E-state index is -3.56. The fourth-order valence-electron chi connectivity index (χ4n) is 4.21. The van der Waals surface area contributed by atoms with E-state index in [1.165, 1.54) is 4.31 Å². The molecule has 1 amide bonds. The van der Waals surface area contributed by atoms with E-state index in [-0.39, 0.29) is 11.9 Å². The summed E-state index contributed by atoms with van der Waals surface area (Å²) in [5, 5.41) is 0. The van der Waals surface area contributed by atoms with E-state index in [1.807, 2.05) is 45.9 Å². The first-order valence-electron chi connectivity index (χ1n) is 10.1. The summed E-state index contributed by atoms with van der Waals surface area (Å²) >= 11 is 0. The van der Waals surface area contributed by atoms with E-state index in [0.717, 1.165) is 22.5 Å². The number of amides is 1. The molecule has 0 aliphatic carbocycles. The third-order valence-corrected chi connectivity index (χ3v) is 7.76. The van der Waals surface area contributed by atoms with Crippen LogP contribution in [0, 0.1) is 27.7 Å². The van der Waals surface area contributed by atoms with Gasteiger partial charge in [-0.2, -0.15) is 4.31 Å². The minimum Gasteiger partial charge on any atom is -0.346 e. The highest BCUT2D eigenvalue weighted by Gasteiger charge is 2.32. The van der Waals surface area contributed by atoms with E-state index in [4.69, 9.17) is 0 Å². The van der Waals surface area contributed by atoms with Crippen molar-refractivity contribution >= 4 is 15.9 Å². The third-order valence-electron chi connectivity index (χ3n) is 5.72. The second kappa shape index (κ2) is 7.95. The number of hydrogen-bond donors (Lipinski definition) is 0. The van der Waals surface area contributed by atoms with Crippen LogP contribution >= 0.6 is 0 Å². The summed E-state index contributed by atoms with van der Waals surface area (Å²) in [7, 11) is -3.56. The normalized spacial score (nSPS) is 15.9. The van der Waals surface area contributed by atoms with Crippen LogP contribution in [0.1, 0.15) is 52.8 Å². The maximum absolute atomic E-state index is 13.1. The molecule has 29 heavy (non-hydrogen) atoms. The SMILES string of the molecule is Cc1ccc(C)c(S(=O)(=O)N2CCN(C(=O)c3cc(C)n(C(C)C)c3C)CC2)c1. The van der Waals surface area contributed by atoms with Crippen LogP contribution in [0.2, 0.25) is 0 Å². The molecule has 0 atom stereocenters. The average molecular weight is 418 g/mol. The summed E-state index contributed by atoms with van der Waals surface area (Å²) in [6.07, 6.45) is 0. The quantitative estimate of drug-likeness (QED) is 0.765. The molecule has 0 unspecified atom stereocenters. The Morgan fingerprint density at radius 1 is 0.966 bits per heavy atom. The van der Waals surface area contributed by atoms with E-state index in [0.29, 0.717) is 36.6 Å². The predicted octanol–water partition coefficient (Wildman–Crippen LogP) is 3.45. The van der Waals surface area contributed by atoms with Crippen molar-refractivity contribution in [1.29, 1.82) is 0 Å². The number of rotatable bonds is 4.